The first-order chi connectivity index (χ1) is 11.3. The third kappa shape index (κ3) is 4.55. The first-order valence-corrected chi connectivity index (χ1v) is 9.94. The predicted octanol–water partition coefficient (Wildman–Crippen LogP) is 0.723. The summed E-state index contributed by atoms with van der Waals surface area (Å²) in [5.74, 6) is -0.0636. The van der Waals surface area contributed by atoms with Gasteiger partial charge in [-0.05, 0) is 50.8 Å². The van der Waals surface area contributed by atoms with Gasteiger partial charge in [-0.3, -0.25) is 4.79 Å². The van der Waals surface area contributed by atoms with Crippen molar-refractivity contribution in [2.75, 3.05) is 32.5 Å². The zero-order valence-corrected chi connectivity index (χ0v) is 15.5. The van der Waals surface area contributed by atoms with E-state index >= 15 is 0 Å². The van der Waals surface area contributed by atoms with Gasteiger partial charge in [0.05, 0.1) is 18.0 Å². The van der Waals surface area contributed by atoms with E-state index in [2.05, 4.69) is 5.32 Å². The molecule has 1 aliphatic heterocycles. The van der Waals surface area contributed by atoms with Gasteiger partial charge in [-0.15, -0.1) is 0 Å². The number of nitrogens with zero attached hydrogens (tertiary/aromatic N) is 1. The molecule has 7 heteroatoms. The molecule has 0 unspecified atom stereocenters. The van der Waals surface area contributed by atoms with E-state index in [4.69, 9.17) is 0 Å². The van der Waals surface area contributed by atoms with Crippen LogP contribution in [-0.4, -0.2) is 51.9 Å². The van der Waals surface area contributed by atoms with Crippen LogP contribution < -0.4 is 10.2 Å². The normalized spacial score (nSPS) is 18.2. The second-order valence-corrected chi connectivity index (χ2v) is 8.75. The van der Waals surface area contributed by atoms with E-state index in [1.165, 1.54) is 44.0 Å². The van der Waals surface area contributed by atoms with Crippen LogP contribution in [0.15, 0.2) is 29.2 Å². The number of nitrogens with one attached hydrogen (secondary N) is 2. The lowest BCUT2D eigenvalue weighted by Gasteiger charge is -2.23. The Morgan fingerprint density at radius 2 is 1.79 bits per heavy atom. The van der Waals surface area contributed by atoms with Gasteiger partial charge >= 0.3 is 0 Å². The fourth-order valence-corrected chi connectivity index (χ4v) is 3.94. The Morgan fingerprint density at radius 3 is 2.38 bits per heavy atom. The molecular formula is C17H28N3O3S+. The number of hydrogen-bond acceptors (Lipinski definition) is 3. The topological polar surface area (TPSA) is 70.9 Å². The summed E-state index contributed by atoms with van der Waals surface area (Å²) in [6.07, 6.45) is 4.79. The third-order valence-electron chi connectivity index (χ3n) is 4.63. The van der Waals surface area contributed by atoms with E-state index < -0.39 is 10.0 Å². The van der Waals surface area contributed by atoms with Crippen molar-refractivity contribution in [1.82, 2.24) is 4.31 Å². The Morgan fingerprint density at radius 1 is 1.17 bits per heavy atom. The summed E-state index contributed by atoms with van der Waals surface area (Å²) in [6.45, 7) is 3.98. The average Bonchev–Trinajstić information content (AvgIpc) is 2.83. The number of sulfonamides is 1. The highest BCUT2D eigenvalue weighted by molar-refractivity contribution is 7.89. The fraction of sp³-hybridized carbons (Fsp3) is 0.588. The van der Waals surface area contributed by atoms with Crippen LogP contribution in [0.2, 0.25) is 0 Å². The number of anilines is 1. The standard InChI is InChI=1S/C17H27N3O3S/c1-14(20-11-6-4-5-7-12-20)17(21)18-15-9-8-10-16(13-15)24(22,23)19(2)3/h8-10,13-14H,4-7,11-12H2,1-3H3,(H,18,21)/p+1/t14-/m0/s1. The Hall–Kier alpha value is -1.44. The van der Waals surface area contributed by atoms with Crippen LogP contribution in [0, 0.1) is 0 Å². The van der Waals surface area contributed by atoms with Crippen LogP contribution in [0.3, 0.4) is 0 Å². The highest BCUT2D eigenvalue weighted by atomic mass is 32.2. The van der Waals surface area contributed by atoms with Crippen LogP contribution in [0.4, 0.5) is 5.69 Å². The summed E-state index contributed by atoms with van der Waals surface area (Å²) in [4.78, 5) is 14.0. The van der Waals surface area contributed by atoms with E-state index in [1.54, 1.807) is 12.1 Å². The van der Waals surface area contributed by atoms with Crippen molar-refractivity contribution in [1.29, 1.82) is 0 Å². The van der Waals surface area contributed by atoms with Crippen molar-refractivity contribution in [2.24, 2.45) is 0 Å². The lowest BCUT2D eigenvalue weighted by Crippen LogP contribution is -3.16. The molecule has 134 valence electrons. The molecule has 24 heavy (non-hydrogen) atoms. The molecule has 2 rings (SSSR count). The molecule has 2 N–H and O–H groups in total. The highest BCUT2D eigenvalue weighted by Gasteiger charge is 2.26. The molecule has 1 aromatic carbocycles. The van der Waals surface area contributed by atoms with E-state index in [1.807, 2.05) is 6.92 Å². The molecule has 0 spiro atoms. The van der Waals surface area contributed by atoms with Gasteiger partial charge in [0.25, 0.3) is 5.91 Å². The second kappa shape index (κ2) is 8.09. The number of benzene rings is 1. The maximum atomic E-state index is 12.5. The first kappa shape index (κ1) is 18.9. The number of rotatable bonds is 5. The summed E-state index contributed by atoms with van der Waals surface area (Å²) in [6, 6.07) is 6.27. The van der Waals surface area contributed by atoms with Crippen LogP contribution in [0.1, 0.15) is 32.6 Å². The van der Waals surface area contributed by atoms with Crippen molar-refractivity contribution in [3.63, 3.8) is 0 Å². The summed E-state index contributed by atoms with van der Waals surface area (Å²) in [5.41, 5.74) is 0.518. The lowest BCUT2D eigenvalue weighted by molar-refractivity contribution is -0.913. The van der Waals surface area contributed by atoms with Crippen molar-refractivity contribution in [3.05, 3.63) is 24.3 Å². The molecule has 0 bridgehead atoms. The predicted molar refractivity (Wildman–Crippen MR) is 94.6 cm³/mol. The van der Waals surface area contributed by atoms with E-state index in [-0.39, 0.29) is 16.8 Å². The summed E-state index contributed by atoms with van der Waals surface area (Å²) >= 11 is 0. The number of likely N-dealkylation sites (tertiary alicyclic amines) is 1. The minimum Gasteiger partial charge on any atom is -0.325 e. The van der Waals surface area contributed by atoms with Gasteiger partial charge in [0, 0.05) is 19.8 Å². The van der Waals surface area contributed by atoms with Crippen molar-refractivity contribution in [3.8, 4) is 0 Å². The minimum absolute atomic E-state index is 0.0636. The van der Waals surface area contributed by atoms with Crippen LogP contribution in [0.5, 0.6) is 0 Å². The SMILES string of the molecule is C[C@@H](C(=O)Nc1cccc(S(=O)(=O)N(C)C)c1)[NH+]1CCCCCC1. The quantitative estimate of drug-likeness (QED) is 0.819. The van der Waals surface area contributed by atoms with Gasteiger partial charge in [-0.2, -0.15) is 0 Å². The van der Waals surface area contributed by atoms with Gasteiger partial charge in [0.1, 0.15) is 0 Å². The molecule has 0 aliphatic carbocycles. The van der Waals surface area contributed by atoms with E-state index in [0.717, 1.165) is 30.2 Å². The lowest BCUT2D eigenvalue weighted by atomic mass is 10.2. The molecule has 1 aromatic rings. The number of hydrogen-bond donors (Lipinski definition) is 2. The van der Waals surface area contributed by atoms with Gasteiger partial charge in [0.15, 0.2) is 6.04 Å². The summed E-state index contributed by atoms with van der Waals surface area (Å²) in [5, 5.41) is 2.87. The Kier molecular flexibility index (Phi) is 6.37. The number of amides is 1. The molecule has 0 aromatic heterocycles. The van der Waals surface area contributed by atoms with Crippen LogP contribution in [0.25, 0.3) is 0 Å². The highest BCUT2D eigenvalue weighted by Crippen LogP contribution is 2.18. The summed E-state index contributed by atoms with van der Waals surface area (Å²) < 4.78 is 25.6. The maximum Gasteiger partial charge on any atom is 0.282 e. The summed E-state index contributed by atoms with van der Waals surface area (Å²) in [7, 11) is -0.521. The fourth-order valence-electron chi connectivity index (χ4n) is 3.00. The minimum atomic E-state index is -3.50. The first-order valence-electron chi connectivity index (χ1n) is 8.50. The van der Waals surface area contributed by atoms with Crippen molar-refractivity contribution >= 4 is 21.6 Å². The third-order valence-corrected chi connectivity index (χ3v) is 6.44. The molecule has 1 aliphatic rings. The molecule has 1 amide bonds. The molecule has 0 radical (unpaired) electrons. The number of carbonyl (C=O) groups excluding carboxylic acids is 1. The molecular weight excluding hydrogens is 326 g/mol. The Balaban J connectivity index is 2.09. The average molecular weight is 354 g/mol. The maximum absolute atomic E-state index is 12.5. The zero-order chi connectivity index (χ0) is 17.7. The van der Waals surface area contributed by atoms with Crippen molar-refractivity contribution in [2.45, 2.75) is 43.5 Å². The van der Waals surface area contributed by atoms with Gasteiger partial charge in [-0.25, -0.2) is 12.7 Å². The Bertz CT molecular complexity index is 665. The van der Waals surface area contributed by atoms with E-state index in [9.17, 15) is 13.2 Å². The van der Waals surface area contributed by atoms with Gasteiger partial charge in [-0.1, -0.05) is 6.07 Å². The molecule has 0 saturated carbocycles. The Labute approximate surface area is 144 Å². The smallest absolute Gasteiger partial charge is 0.282 e. The zero-order valence-electron chi connectivity index (χ0n) is 14.7. The number of quaternary nitrogens is 1. The van der Waals surface area contributed by atoms with Gasteiger partial charge < -0.3 is 10.2 Å². The van der Waals surface area contributed by atoms with E-state index in [0.29, 0.717) is 5.69 Å². The monoisotopic (exact) mass is 354 g/mol. The van der Waals surface area contributed by atoms with Crippen molar-refractivity contribution < 1.29 is 18.1 Å². The molecule has 1 atom stereocenters. The molecule has 1 heterocycles. The molecule has 6 nitrogen and oxygen atoms in total. The largest absolute Gasteiger partial charge is 0.325 e. The second-order valence-electron chi connectivity index (χ2n) is 6.60. The van der Waals surface area contributed by atoms with Gasteiger partial charge in [0.2, 0.25) is 10.0 Å². The molecule has 1 fully saturated rings. The number of carbonyl (C=O) groups is 1. The van der Waals surface area contributed by atoms with Crippen LogP contribution >= 0.6 is 0 Å². The molecule has 1 saturated heterocycles. The van der Waals surface area contributed by atoms with Crippen LogP contribution in [-0.2, 0) is 14.8 Å².